The third kappa shape index (κ3) is 2.85. The van der Waals surface area contributed by atoms with Crippen LogP contribution in [0.25, 0.3) is 0 Å². The molecule has 1 aromatic rings. The molecule has 1 atom stereocenters. The first-order chi connectivity index (χ1) is 7.70. The van der Waals surface area contributed by atoms with E-state index in [9.17, 15) is 0 Å². The molecule has 0 aliphatic heterocycles. The Morgan fingerprint density at radius 2 is 2.25 bits per heavy atom. The maximum atomic E-state index is 5.27. The molecule has 1 aliphatic rings. The lowest BCUT2D eigenvalue weighted by Gasteiger charge is -2.21. The molecule has 1 aliphatic carbocycles. The normalized spacial score (nSPS) is 18.0. The van der Waals surface area contributed by atoms with Crippen LogP contribution in [0.15, 0.2) is 10.6 Å². The summed E-state index contributed by atoms with van der Waals surface area (Å²) < 4.78 is 5.27. The molecule has 0 radical (unpaired) electrons. The van der Waals surface area contributed by atoms with Gasteiger partial charge in [-0.1, -0.05) is 25.9 Å². The molecule has 0 spiro atoms. The van der Waals surface area contributed by atoms with Gasteiger partial charge in [0.1, 0.15) is 0 Å². The average Bonchev–Trinajstić information content (AvgIpc) is 2.97. The first-order valence-corrected chi connectivity index (χ1v) is 6.38. The minimum atomic E-state index is 0.634. The van der Waals surface area contributed by atoms with Gasteiger partial charge in [0, 0.05) is 12.1 Å². The number of rotatable bonds is 6. The Hall–Kier alpha value is -0.830. The van der Waals surface area contributed by atoms with Crippen molar-refractivity contribution in [1.29, 1.82) is 0 Å². The van der Waals surface area contributed by atoms with Gasteiger partial charge in [-0.15, -0.1) is 0 Å². The van der Waals surface area contributed by atoms with Crippen molar-refractivity contribution in [2.75, 3.05) is 0 Å². The highest BCUT2D eigenvalue weighted by Gasteiger charge is 2.32. The minimum absolute atomic E-state index is 0.634. The number of hydrogen-bond acceptors (Lipinski definition) is 3. The van der Waals surface area contributed by atoms with Crippen LogP contribution in [-0.4, -0.2) is 11.2 Å². The Bertz CT molecular complexity index is 326. The van der Waals surface area contributed by atoms with Gasteiger partial charge in [-0.3, -0.25) is 0 Å². The molecule has 3 heteroatoms. The topological polar surface area (TPSA) is 38.1 Å². The maximum absolute atomic E-state index is 5.27. The average molecular weight is 222 g/mol. The van der Waals surface area contributed by atoms with E-state index in [1.165, 1.54) is 12.8 Å². The molecule has 3 nitrogen and oxygen atoms in total. The van der Waals surface area contributed by atoms with Gasteiger partial charge in [-0.25, -0.2) is 0 Å². The second kappa shape index (κ2) is 5.00. The van der Waals surface area contributed by atoms with Crippen LogP contribution >= 0.6 is 0 Å². The van der Waals surface area contributed by atoms with E-state index in [0.717, 1.165) is 30.3 Å². The highest BCUT2D eigenvalue weighted by Crippen LogP contribution is 2.35. The van der Waals surface area contributed by atoms with E-state index in [-0.39, 0.29) is 0 Å². The van der Waals surface area contributed by atoms with Crippen molar-refractivity contribution in [3.8, 4) is 0 Å². The van der Waals surface area contributed by atoms with E-state index in [1.807, 2.05) is 0 Å². The van der Waals surface area contributed by atoms with E-state index in [4.69, 9.17) is 4.52 Å². The van der Waals surface area contributed by atoms with E-state index < -0.39 is 0 Å². The summed E-state index contributed by atoms with van der Waals surface area (Å²) in [6.07, 6.45) is 3.71. The van der Waals surface area contributed by atoms with Crippen LogP contribution in [0.4, 0.5) is 0 Å². The standard InChI is InChI=1S/C13H22N2O/c1-4-11-7-12(16-15-11)8-14-13(9(2)3)10-5-6-10/h7,9-10,13-14H,4-6,8H2,1-3H3. The molecule has 90 valence electrons. The van der Waals surface area contributed by atoms with Crippen molar-refractivity contribution in [3.05, 3.63) is 17.5 Å². The predicted molar refractivity (Wildman–Crippen MR) is 64.1 cm³/mol. The van der Waals surface area contributed by atoms with Crippen LogP contribution in [0.5, 0.6) is 0 Å². The smallest absolute Gasteiger partial charge is 0.150 e. The summed E-state index contributed by atoms with van der Waals surface area (Å²) in [5.74, 6) is 2.54. The third-order valence-electron chi connectivity index (χ3n) is 3.33. The molecular formula is C13H22N2O. The summed E-state index contributed by atoms with van der Waals surface area (Å²) in [5, 5.41) is 7.60. The molecule has 0 saturated heterocycles. The largest absolute Gasteiger partial charge is 0.360 e. The highest BCUT2D eigenvalue weighted by molar-refractivity contribution is 5.05. The Balaban J connectivity index is 1.85. The zero-order valence-corrected chi connectivity index (χ0v) is 10.5. The lowest BCUT2D eigenvalue weighted by atomic mass is 9.99. The lowest BCUT2D eigenvalue weighted by molar-refractivity contribution is 0.320. The summed E-state index contributed by atoms with van der Waals surface area (Å²) in [7, 11) is 0. The fraction of sp³-hybridized carbons (Fsp3) is 0.769. The van der Waals surface area contributed by atoms with Crippen molar-refractivity contribution in [2.24, 2.45) is 11.8 Å². The van der Waals surface area contributed by atoms with Gasteiger partial charge in [0.05, 0.1) is 12.2 Å². The number of hydrogen-bond donors (Lipinski definition) is 1. The van der Waals surface area contributed by atoms with Crippen LogP contribution in [0, 0.1) is 11.8 Å². The molecule has 1 saturated carbocycles. The van der Waals surface area contributed by atoms with Gasteiger partial charge in [-0.05, 0) is 31.1 Å². The van der Waals surface area contributed by atoms with Gasteiger partial charge in [0.25, 0.3) is 0 Å². The molecule has 1 fully saturated rings. The summed E-state index contributed by atoms with van der Waals surface area (Å²) in [4.78, 5) is 0. The number of aryl methyl sites for hydroxylation is 1. The Morgan fingerprint density at radius 3 is 2.75 bits per heavy atom. The Labute approximate surface area is 97.6 Å². The SMILES string of the molecule is CCc1cc(CNC(C(C)C)C2CC2)on1. The Kier molecular flexibility index (Phi) is 3.64. The second-order valence-electron chi connectivity index (χ2n) is 5.13. The maximum Gasteiger partial charge on any atom is 0.150 e. The van der Waals surface area contributed by atoms with Crippen LogP contribution in [0.1, 0.15) is 45.1 Å². The van der Waals surface area contributed by atoms with E-state index in [1.54, 1.807) is 0 Å². The van der Waals surface area contributed by atoms with Gasteiger partial charge >= 0.3 is 0 Å². The van der Waals surface area contributed by atoms with Gasteiger partial charge in [-0.2, -0.15) is 0 Å². The lowest BCUT2D eigenvalue weighted by Crippen LogP contribution is -2.35. The molecule has 0 amide bonds. The molecule has 1 unspecified atom stereocenters. The van der Waals surface area contributed by atoms with Crippen molar-refractivity contribution < 1.29 is 4.52 Å². The van der Waals surface area contributed by atoms with Crippen LogP contribution in [-0.2, 0) is 13.0 Å². The van der Waals surface area contributed by atoms with Crippen LogP contribution in [0.2, 0.25) is 0 Å². The monoisotopic (exact) mass is 222 g/mol. The first-order valence-electron chi connectivity index (χ1n) is 6.38. The predicted octanol–water partition coefficient (Wildman–Crippen LogP) is 2.76. The van der Waals surface area contributed by atoms with Crippen LogP contribution in [0.3, 0.4) is 0 Å². The summed E-state index contributed by atoms with van der Waals surface area (Å²) in [6, 6.07) is 2.69. The van der Waals surface area contributed by atoms with Gasteiger partial charge in [0.15, 0.2) is 5.76 Å². The summed E-state index contributed by atoms with van der Waals surface area (Å²) in [5.41, 5.74) is 1.05. The summed E-state index contributed by atoms with van der Waals surface area (Å²) >= 11 is 0. The minimum Gasteiger partial charge on any atom is -0.360 e. The van der Waals surface area contributed by atoms with E-state index in [2.05, 4.69) is 37.3 Å². The molecule has 0 aromatic carbocycles. The quantitative estimate of drug-likeness (QED) is 0.804. The molecular weight excluding hydrogens is 200 g/mol. The van der Waals surface area contributed by atoms with Gasteiger partial charge < -0.3 is 9.84 Å². The third-order valence-corrected chi connectivity index (χ3v) is 3.33. The number of nitrogens with one attached hydrogen (secondary N) is 1. The zero-order chi connectivity index (χ0) is 11.5. The molecule has 1 aromatic heterocycles. The van der Waals surface area contributed by atoms with Crippen LogP contribution < -0.4 is 5.32 Å². The van der Waals surface area contributed by atoms with Crippen molar-refractivity contribution in [2.45, 2.75) is 52.6 Å². The molecule has 1 N–H and O–H groups in total. The van der Waals surface area contributed by atoms with Gasteiger partial charge in [0.2, 0.25) is 0 Å². The zero-order valence-electron chi connectivity index (χ0n) is 10.5. The molecule has 16 heavy (non-hydrogen) atoms. The Morgan fingerprint density at radius 1 is 1.50 bits per heavy atom. The highest BCUT2D eigenvalue weighted by atomic mass is 16.5. The van der Waals surface area contributed by atoms with Crippen molar-refractivity contribution in [3.63, 3.8) is 0 Å². The first kappa shape index (κ1) is 11.6. The second-order valence-corrected chi connectivity index (χ2v) is 5.13. The molecule has 1 heterocycles. The molecule has 2 rings (SSSR count). The number of aromatic nitrogens is 1. The number of nitrogens with zero attached hydrogens (tertiary/aromatic N) is 1. The fourth-order valence-electron chi connectivity index (χ4n) is 2.23. The van der Waals surface area contributed by atoms with Crippen molar-refractivity contribution >= 4 is 0 Å². The summed E-state index contributed by atoms with van der Waals surface area (Å²) in [6.45, 7) is 7.48. The van der Waals surface area contributed by atoms with E-state index >= 15 is 0 Å². The van der Waals surface area contributed by atoms with Crippen molar-refractivity contribution in [1.82, 2.24) is 10.5 Å². The molecule has 0 bridgehead atoms. The van der Waals surface area contributed by atoms with E-state index in [0.29, 0.717) is 12.0 Å². The fourth-order valence-corrected chi connectivity index (χ4v) is 2.23.